The van der Waals surface area contributed by atoms with Gasteiger partial charge in [0, 0.05) is 52.1 Å². The van der Waals surface area contributed by atoms with Crippen LogP contribution in [0.25, 0.3) is 0 Å². The number of pyridine rings is 1. The molecule has 1 unspecified atom stereocenters. The second-order valence-corrected chi connectivity index (χ2v) is 4.87. The molecule has 0 bridgehead atoms. The molecule has 0 spiro atoms. The zero-order valence-corrected chi connectivity index (χ0v) is 11.3. The first-order chi connectivity index (χ1) is 9.24. The van der Waals surface area contributed by atoms with Crippen LogP contribution in [0.15, 0.2) is 24.5 Å². The highest BCUT2D eigenvalue weighted by atomic mass is 16.5. The minimum atomic E-state index is -0.00599. The van der Waals surface area contributed by atoms with Crippen molar-refractivity contribution in [3.05, 3.63) is 30.1 Å². The molecule has 1 aliphatic heterocycles. The van der Waals surface area contributed by atoms with Crippen molar-refractivity contribution in [2.75, 3.05) is 26.2 Å². The summed E-state index contributed by atoms with van der Waals surface area (Å²) in [4.78, 5) is 17.4. The number of carbonyl (C=O) groups is 1. The van der Waals surface area contributed by atoms with E-state index in [1.807, 2.05) is 24.5 Å². The van der Waals surface area contributed by atoms with E-state index in [2.05, 4.69) is 15.2 Å². The van der Waals surface area contributed by atoms with Crippen LogP contribution < -0.4 is 5.32 Å². The van der Waals surface area contributed by atoms with E-state index in [4.69, 9.17) is 4.74 Å². The minimum Gasteiger partial charge on any atom is -0.375 e. The summed E-state index contributed by atoms with van der Waals surface area (Å²) < 4.78 is 5.75. The number of carbonyl (C=O) groups excluding carboxylic acids is 1. The molecule has 0 radical (unpaired) electrons. The first kappa shape index (κ1) is 14.0. The highest BCUT2D eigenvalue weighted by Gasteiger charge is 2.18. The van der Waals surface area contributed by atoms with Crippen LogP contribution in [0.5, 0.6) is 0 Å². The van der Waals surface area contributed by atoms with Gasteiger partial charge in [0.1, 0.15) is 0 Å². The van der Waals surface area contributed by atoms with E-state index in [0.29, 0.717) is 6.54 Å². The predicted molar refractivity (Wildman–Crippen MR) is 72.6 cm³/mol. The summed E-state index contributed by atoms with van der Waals surface area (Å²) in [7, 11) is 0. The van der Waals surface area contributed by atoms with Gasteiger partial charge in [-0.15, -0.1) is 0 Å². The molecule has 0 aromatic carbocycles. The first-order valence-corrected chi connectivity index (χ1v) is 6.71. The molecule has 1 fully saturated rings. The molecule has 0 aliphatic carbocycles. The number of hydrogen-bond donors (Lipinski definition) is 1. The third-order valence-electron chi connectivity index (χ3n) is 3.17. The van der Waals surface area contributed by atoms with Crippen molar-refractivity contribution in [1.29, 1.82) is 0 Å². The lowest BCUT2D eigenvalue weighted by molar-refractivity contribution is -0.119. The van der Waals surface area contributed by atoms with Crippen LogP contribution in [-0.4, -0.2) is 48.1 Å². The largest absolute Gasteiger partial charge is 0.375 e. The molecule has 1 amide bonds. The van der Waals surface area contributed by atoms with Gasteiger partial charge in [-0.3, -0.25) is 14.7 Å². The molecule has 1 aliphatic rings. The quantitative estimate of drug-likeness (QED) is 0.873. The van der Waals surface area contributed by atoms with Crippen LogP contribution in [0.4, 0.5) is 0 Å². The predicted octanol–water partition coefficient (Wildman–Crippen LogP) is 0.809. The van der Waals surface area contributed by atoms with E-state index in [-0.39, 0.29) is 12.0 Å². The molecule has 1 N–H and O–H groups in total. The van der Waals surface area contributed by atoms with Gasteiger partial charge in [0.25, 0.3) is 0 Å². The summed E-state index contributed by atoms with van der Waals surface area (Å²) in [5, 5.41) is 2.83. The van der Waals surface area contributed by atoms with E-state index >= 15 is 0 Å². The van der Waals surface area contributed by atoms with E-state index in [1.54, 1.807) is 0 Å². The number of amides is 1. The van der Waals surface area contributed by atoms with Gasteiger partial charge in [0.05, 0.1) is 6.10 Å². The average molecular weight is 263 g/mol. The van der Waals surface area contributed by atoms with Crippen molar-refractivity contribution in [3.8, 4) is 0 Å². The van der Waals surface area contributed by atoms with Crippen LogP contribution in [0.1, 0.15) is 18.9 Å². The second-order valence-electron chi connectivity index (χ2n) is 4.87. The molecule has 1 atom stereocenters. The van der Waals surface area contributed by atoms with Crippen molar-refractivity contribution in [2.45, 2.75) is 26.0 Å². The molecular formula is C14H21N3O2. The summed E-state index contributed by atoms with van der Waals surface area (Å²) in [5.41, 5.74) is 1.26. The van der Waals surface area contributed by atoms with Crippen LogP contribution >= 0.6 is 0 Å². The monoisotopic (exact) mass is 263 g/mol. The van der Waals surface area contributed by atoms with Gasteiger partial charge in [0.15, 0.2) is 0 Å². The van der Waals surface area contributed by atoms with E-state index < -0.39 is 0 Å². The maximum Gasteiger partial charge on any atom is 0.216 e. The Morgan fingerprint density at radius 2 is 2.32 bits per heavy atom. The third kappa shape index (κ3) is 4.96. The van der Waals surface area contributed by atoms with E-state index in [1.165, 1.54) is 12.5 Å². The lowest BCUT2D eigenvalue weighted by Crippen LogP contribution is -2.39. The van der Waals surface area contributed by atoms with Crippen LogP contribution in [0, 0.1) is 0 Å². The van der Waals surface area contributed by atoms with Crippen LogP contribution in [0.2, 0.25) is 0 Å². The van der Waals surface area contributed by atoms with Crippen LogP contribution in [0.3, 0.4) is 0 Å². The molecule has 1 aromatic heterocycles. The Labute approximate surface area is 114 Å². The van der Waals surface area contributed by atoms with Crippen molar-refractivity contribution < 1.29 is 9.53 Å². The third-order valence-corrected chi connectivity index (χ3v) is 3.17. The summed E-state index contributed by atoms with van der Waals surface area (Å²) in [6.45, 7) is 5.66. The molecule has 1 aromatic rings. The highest BCUT2D eigenvalue weighted by Crippen LogP contribution is 2.10. The summed E-state index contributed by atoms with van der Waals surface area (Å²) >= 11 is 0. The number of rotatable bonds is 4. The fourth-order valence-corrected chi connectivity index (χ4v) is 2.24. The topological polar surface area (TPSA) is 54.5 Å². The van der Waals surface area contributed by atoms with Crippen LogP contribution in [-0.2, 0) is 16.1 Å². The molecule has 0 saturated carbocycles. The van der Waals surface area contributed by atoms with Gasteiger partial charge >= 0.3 is 0 Å². The Hall–Kier alpha value is -1.46. The Kier molecular flexibility index (Phi) is 5.30. The second kappa shape index (κ2) is 7.21. The molecule has 2 heterocycles. The number of nitrogens with one attached hydrogen (secondary N) is 1. The van der Waals surface area contributed by atoms with Gasteiger partial charge in [-0.05, 0) is 24.1 Å². The maximum absolute atomic E-state index is 11.0. The van der Waals surface area contributed by atoms with Gasteiger partial charge < -0.3 is 10.1 Å². The molecule has 5 heteroatoms. The van der Waals surface area contributed by atoms with E-state index in [9.17, 15) is 4.79 Å². The van der Waals surface area contributed by atoms with Gasteiger partial charge in [-0.25, -0.2) is 0 Å². The number of aromatic nitrogens is 1. The number of hydrogen-bond acceptors (Lipinski definition) is 4. The average Bonchev–Trinajstić information content (AvgIpc) is 2.63. The zero-order valence-electron chi connectivity index (χ0n) is 11.3. The summed E-state index contributed by atoms with van der Waals surface area (Å²) in [6.07, 6.45) is 4.74. The lowest BCUT2D eigenvalue weighted by atomic mass is 10.2. The normalized spacial score (nSPS) is 20.8. The Morgan fingerprint density at radius 1 is 1.53 bits per heavy atom. The van der Waals surface area contributed by atoms with Gasteiger partial charge in [-0.2, -0.15) is 0 Å². The maximum atomic E-state index is 11.0. The highest BCUT2D eigenvalue weighted by molar-refractivity contribution is 5.72. The lowest BCUT2D eigenvalue weighted by Gasteiger charge is -2.23. The smallest absolute Gasteiger partial charge is 0.216 e. The van der Waals surface area contributed by atoms with Crippen molar-refractivity contribution in [2.24, 2.45) is 0 Å². The molecule has 5 nitrogen and oxygen atoms in total. The summed E-state index contributed by atoms with van der Waals surface area (Å²) in [6, 6.07) is 4.07. The Balaban J connectivity index is 1.87. The fourth-order valence-electron chi connectivity index (χ4n) is 2.24. The number of nitrogens with zero attached hydrogens (tertiary/aromatic N) is 2. The molecule has 19 heavy (non-hydrogen) atoms. The fraction of sp³-hybridized carbons (Fsp3) is 0.571. The summed E-state index contributed by atoms with van der Waals surface area (Å²) in [5.74, 6) is -0.00599. The van der Waals surface area contributed by atoms with E-state index in [0.717, 1.165) is 32.7 Å². The Morgan fingerprint density at radius 3 is 3.05 bits per heavy atom. The molecular weight excluding hydrogens is 242 g/mol. The number of ether oxygens (including phenoxy) is 1. The molecule has 1 saturated heterocycles. The van der Waals surface area contributed by atoms with Gasteiger partial charge in [0.2, 0.25) is 5.91 Å². The SMILES string of the molecule is CC(=O)NCC1CN(Cc2ccncc2)CCCO1. The Bertz CT molecular complexity index is 397. The molecule has 2 rings (SSSR count). The minimum absolute atomic E-state index is 0.00599. The first-order valence-electron chi connectivity index (χ1n) is 6.71. The zero-order chi connectivity index (χ0) is 13.5. The van der Waals surface area contributed by atoms with Crippen molar-refractivity contribution >= 4 is 5.91 Å². The van der Waals surface area contributed by atoms with Gasteiger partial charge in [-0.1, -0.05) is 0 Å². The molecule has 104 valence electrons. The standard InChI is InChI=1S/C14H21N3O2/c1-12(18)16-9-14-11-17(7-2-8-19-14)10-13-3-5-15-6-4-13/h3-6,14H,2,7-11H2,1H3,(H,16,18). The van der Waals surface area contributed by atoms with Crippen molar-refractivity contribution in [3.63, 3.8) is 0 Å². The van der Waals surface area contributed by atoms with Crippen molar-refractivity contribution in [1.82, 2.24) is 15.2 Å².